The maximum absolute atomic E-state index is 14.5. The van der Waals surface area contributed by atoms with Crippen molar-refractivity contribution in [2.45, 2.75) is 44.2 Å². The van der Waals surface area contributed by atoms with Crippen molar-refractivity contribution in [1.29, 1.82) is 0 Å². The number of nitrogens with zero attached hydrogens (tertiary/aromatic N) is 2. The Morgan fingerprint density at radius 2 is 1.43 bits per heavy atom. The molecule has 46 heavy (non-hydrogen) atoms. The molecule has 0 fully saturated rings. The van der Waals surface area contributed by atoms with Gasteiger partial charge < -0.3 is 19.7 Å². The van der Waals surface area contributed by atoms with E-state index in [0.29, 0.717) is 18.0 Å². The van der Waals surface area contributed by atoms with Crippen LogP contribution in [0.25, 0.3) is 0 Å². The topological polar surface area (TPSA) is 105 Å². The van der Waals surface area contributed by atoms with E-state index >= 15 is 0 Å². The highest BCUT2D eigenvalue weighted by molar-refractivity contribution is 7.92. The van der Waals surface area contributed by atoms with Gasteiger partial charge in [0.2, 0.25) is 11.8 Å². The molecule has 1 N–H and O–H groups in total. The number of carbonyl (C=O) groups excluding carboxylic acids is 2. The summed E-state index contributed by atoms with van der Waals surface area (Å²) in [5, 5.41) is 2.96. The molecule has 0 aliphatic heterocycles. The Morgan fingerprint density at radius 1 is 0.804 bits per heavy atom. The van der Waals surface area contributed by atoms with E-state index in [1.165, 1.54) is 37.3 Å². The Kier molecular flexibility index (Phi) is 11.8. The Hall–Kier alpha value is -4.83. The highest BCUT2D eigenvalue weighted by Gasteiger charge is 2.34. The van der Waals surface area contributed by atoms with Gasteiger partial charge in [-0.2, -0.15) is 0 Å². The van der Waals surface area contributed by atoms with E-state index in [2.05, 4.69) is 5.32 Å². The number of nitrogens with one attached hydrogen (secondary N) is 1. The summed E-state index contributed by atoms with van der Waals surface area (Å²) in [6.07, 6.45) is 0.966. The van der Waals surface area contributed by atoms with E-state index in [4.69, 9.17) is 9.47 Å². The molecule has 0 aliphatic rings. The quantitative estimate of drug-likeness (QED) is 0.187. The molecule has 9 nitrogen and oxygen atoms in total. The standard InChI is InChI=1S/C36H41N3O6S/c1-5-22-37-36(41)32(23-28-12-8-6-9-13-28)38(25-29-18-16-27(2)17-19-29)35(40)26-39(46(42,43)31-14-10-7-11-15-31)30-20-21-33(44-3)34(24-30)45-4/h6-21,24,32H,5,22-23,25-26H2,1-4H3,(H,37,41). The molecule has 1 unspecified atom stereocenters. The van der Waals surface area contributed by atoms with Gasteiger partial charge in [-0.3, -0.25) is 13.9 Å². The van der Waals surface area contributed by atoms with Gasteiger partial charge in [0.05, 0.1) is 24.8 Å². The maximum Gasteiger partial charge on any atom is 0.264 e. The van der Waals surface area contributed by atoms with Crippen LogP contribution in [0.4, 0.5) is 5.69 Å². The first-order chi connectivity index (χ1) is 22.2. The molecule has 2 amide bonds. The third-order valence-electron chi connectivity index (χ3n) is 7.56. The molecule has 4 aromatic rings. The summed E-state index contributed by atoms with van der Waals surface area (Å²) in [5.41, 5.74) is 2.94. The highest BCUT2D eigenvalue weighted by atomic mass is 32.2. The van der Waals surface area contributed by atoms with E-state index in [-0.39, 0.29) is 29.5 Å². The molecular formula is C36H41N3O6S. The zero-order valence-electron chi connectivity index (χ0n) is 26.7. The number of rotatable bonds is 15. The zero-order chi connectivity index (χ0) is 33.1. The molecule has 10 heteroatoms. The Bertz CT molecular complexity index is 1700. The molecule has 0 heterocycles. The molecule has 0 saturated heterocycles. The van der Waals surface area contributed by atoms with Crippen molar-refractivity contribution < 1.29 is 27.5 Å². The lowest BCUT2D eigenvalue weighted by molar-refractivity contribution is -0.140. The van der Waals surface area contributed by atoms with Gasteiger partial charge in [-0.25, -0.2) is 8.42 Å². The van der Waals surface area contributed by atoms with Gasteiger partial charge in [-0.15, -0.1) is 0 Å². The second-order valence-electron chi connectivity index (χ2n) is 10.9. The van der Waals surface area contributed by atoms with Crippen LogP contribution in [0.3, 0.4) is 0 Å². The summed E-state index contributed by atoms with van der Waals surface area (Å²) in [6, 6.07) is 28.9. The Labute approximate surface area is 271 Å². The molecule has 0 aliphatic carbocycles. The van der Waals surface area contributed by atoms with Gasteiger partial charge in [-0.1, -0.05) is 85.3 Å². The van der Waals surface area contributed by atoms with Gasteiger partial charge in [0, 0.05) is 25.6 Å². The largest absolute Gasteiger partial charge is 0.493 e. The minimum absolute atomic E-state index is 0.0178. The van der Waals surface area contributed by atoms with Gasteiger partial charge in [0.15, 0.2) is 11.5 Å². The molecule has 0 aromatic heterocycles. The summed E-state index contributed by atoms with van der Waals surface area (Å²) in [4.78, 5) is 29.8. The molecule has 0 saturated carbocycles. The fourth-order valence-electron chi connectivity index (χ4n) is 5.04. The van der Waals surface area contributed by atoms with Crippen LogP contribution in [-0.2, 0) is 32.6 Å². The Balaban J connectivity index is 1.82. The summed E-state index contributed by atoms with van der Waals surface area (Å²) in [5.74, 6) is -0.138. The number of amides is 2. The van der Waals surface area contributed by atoms with Gasteiger partial charge >= 0.3 is 0 Å². The van der Waals surface area contributed by atoms with E-state index in [1.54, 1.807) is 30.3 Å². The minimum Gasteiger partial charge on any atom is -0.493 e. The number of anilines is 1. The van der Waals surface area contributed by atoms with Crippen molar-refractivity contribution in [2.24, 2.45) is 0 Å². The second-order valence-corrected chi connectivity index (χ2v) is 12.7. The monoisotopic (exact) mass is 643 g/mol. The summed E-state index contributed by atoms with van der Waals surface area (Å²) < 4.78 is 40.2. The normalized spacial score (nSPS) is 11.7. The highest BCUT2D eigenvalue weighted by Crippen LogP contribution is 2.34. The molecule has 242 valence electrons. The van der Waals surface area contributed by atoms with E-state index < -0.39 is 28.5 Å². The predicted octanol–water partition coefficient (Wildman–Crippen LogP) is 5.37. The number of methoxy groups -OCH3 is 2. The van der Waals surface area contributed by atoms with Crippen LogP contribution in [0.1, 0.15) is 30.0 Å². The van der Waals surface area contributed by atoms with Crippen molar-refractivity contribution in [3.05, 3.63) is 120 Å². The van der Waals surface area contributed by atoms with E-state index in [9.17, 15) is 18.0 Å². The van der Waals surface area contributed by atoms with Crippen molar-refractivity contribution in [2.75, 3.05) is 31.6 Å². The molecule has 0 bridgehead atoms. The average Bonchev–Trinajstić information content (AvgIpc) is 3.08. The molecular weight excluding hydrogens is 602 g/mol. The lowest BCUT2D eigenvalue weighted by atomic mass is 10.0. The number of carbonyl (C=O) groups is 2. The van der Waals surface area contributed by atoms with Crippen LogP contribution in [0, 0.1) is 6.92 Å². The van der Waals surface area contributed by atoms with Crippen molar-refractivity contribution in [1.82, 2.24) is 10.2 Å². The van der Waals surface area contributed by atoms with Gasteiger partial charge in [-0.05, 0) is 48.7 Å². The predicted molar refractivity (Wildman–Crippen MR) is 179 cm³/mol. The lowest BCUT2D eigenvalue weighted by Gasteiger charge is -2.34. The minimum atomic E-state index is -4.24. The summed E-state index contributed by atoms with van der Waals surface area (Å²) in [7, 11) is -1.30. The number of ether oxygens (including phenoxy) is 2. The molecule has 4 aromatic carbocycles. The van der Waals surface area contributed by atoms with E-state index in [0.717, 1.165) is 27.4 Å². The fourth-order valence-corrected chi connectivity index (χ4v) is 6.47. The summed E-state index contributed by atoms with van der Waals surface area (Å²) in [6.45, 7) is 3.90. The zero-order valence-corrected chi connectivity index (χ0v) is 27.5. The number of sulfonamides is 1. The van der Waals surface area contributed by atoms with Crippen molar-refractivity contribution in [3.8, 4) is 11.5 Å². The lowest BCUT2D eigenvalue weighted by Crippen LogP contribution is -2.53. The number of benzene rings is 4. The first-order valence-electron chi connectivity index (χ1n) is 15.1. The SMILES string of the molecule is CCCNC(=O)C(Cc1ccccc1)N(Cc1ccc(C)cc1)C(=O)CN(c1ccc(OC)c(OC)c1)S(=O)(=O)c1ccccc1. The van der Waals surface area contributed by atoms with Crippen LogP contribution >= 0.6 is 0 Å². The third-order valence-corrected chi connectivity index (χ3v) is 9.35. The van der Waals surface area contributed by atoms with Crippen LogP contribution in [0.5, 0.6) is 11.5 Å². The van der Waals surface area contributed by atoms with Crippen molar-refractivity contribution >= 4 is 27.5 Å². The fraction of sp³-hybridized carbons (Fsp3) is 0.278. The molecule has 4 rings (SSSR count). The molecule has 0 spiro atoms. The second kappa shape index (κ2) is 15.9. The van der Waals surface area contributed by atoms with Gasteiger partial charge in [0.25, 0.3) is 10.0 Å². The Morgan fingerprint density at radius 3 is 2.04 bits per heavy atom. The van der Waals surface area contributed by atoms with Crippen LogP contribution in [0.15, 0.2) is 108 Å². The number of hydrogen-bond acceptors (Lipinski definition) is 6. The molecule has 1 atom stereocenters. The first-order valence-corrected chi connectivity index (χ1v) is 16.6. The van der Waals surface area contributed by atoms with Crippen LogP contribution < -0.4 is 19.1 Å². The first kappa shape index (κ1) is 34.1. The number of hydrogen-bond donors (Lipinski definition) is 1. The maximum atomic E-state index is 14.5. The van der Waals surface area contributed by atoms with Crippen LogP contribution in [-0.4, -0.2) is 58.5 Å². The summed E-state index contributed by atoms with van der Waals surface area (Å²) >= 11 is 0. The number of aryl methyl sites for hydroxylation is 1. The van der Waals surface area contributed by atoms with Gasteiger partial charge in [0.1, 0.15) is 12.6 Å². The van der Waals surface area contributed by atoms with Crippen LogP contribution in [0.2, 0.25) is 0 Å². The average molecular weight is 644 g/mol. The molecule has 0 radical (unpaired) electrons. The smallest absolute Gasteiger partial charge is 0.264 e. The van der Waals surface area contributed by atoms with Crippen molar-refractivity contribution in [3.63, 3.8) is 0 Å². The third kappa shape index (κ3) is 8.45. The van der Waals surface area contributed by atoms with E-state index in [1.807, 2.05) is 68.4 Å².